The fraction of sp³-hybridized carbons (Fsp3) is 0.409. The highest BCUT2D eigenvalue weighted by atomic mass is 16.3. The fourth-order valence-electron chi connectivity index (χ4n) is 4.23. The Morgan fingerprint density at radius 2 is 1.56 bits per heavy atom. The highest BCUT2D eigenvalue weighted by Crippen LogP contribution is 2.28. The standard InChI is InChI=1S/C22H27N3O2/c1-17(26)24-12-6-11-23(13-14-24)15-18(27)16-25-21-9-4-2-7-19(21)20-8-3-5-10-22(20)25/h2-5,7-10,18,27H,6,11-16H2,1H3/t18-/m1/s1. The van der Waals surface area contributed by atoms with Gasteiger partial charge in [-0.15, -0.1) is 0 Å². The van der Waals surface area contributed by atoms with Gasteiger partial charge in [-0.2, -0.15) is 0 Å². The SMILES string of the molecule is CC(=O)N1CCCN(C[C@@H](O)Cn2c3ccccc3c3ccccc32)CC1. The number of benzene rings is 2. The van der Waals surface area contributed by atoms with E-state index in [-0.39, 0.29) is 5.91 Å². The predicted molar refractivity (Wildman–Crippen MR) is 109 cm³/mol. The van der Waals surface area contributed by atoms with Crippen molar-refractivity contribution in [2.24, 2.45) is 0 Å². The molecule has 0 unspecified atom stereocenters. The number of hydrogen-bond acceptors (Lipinski definition) is 3. The van der Waals surface area contributed by atoms with Crippen molar-refractivity contribution < 1.29 is 9.90 Å². The van der Waals surface area contributed by atoms with Gasteiger partial charge >= 0.3 is 0 Å². The average molecular weight is 365 g/mol. The molecule has 1 amide bonds. The van der Waals surface area contributed by atoms with E-state index in [9.17, 15) is 9.90 Å². The van der Waals surface area contributed by atoms with Crippen LogP contribution in [-0.4, -0.2) is 64.2 Å². The number of carbonyl (C=O) groups excluding carboxylic acids is 1. The molecule has 5 nitrogen and oxygen atoms in total. The van der Waals surface area contributed by atoms with Gasteiger partial charge in [-0.25, -0.2) is 0 Å². The first-order valence-corrected chi connectivity index (χ1v) is 9.75. The largest absolute Gasteiger partial charge is 0.390 e. The van der Waals surface area contributed by atoms with Crippen molar-refractivity contribution in [2.45, 2.75) is 26.0 Å². The second kappa shape index (κ2) is 7.71. The third-order valence-electron chi connectivity index (χ3n) is 5.58. The van der Waals surface area contributed by atoms with Crippen LogP contribution in [0.2, 0.25) is 0 Å². The Labute approximate surface area is 159 Å². The highest BCUT2D eigenvalue weighted by molar-refractivity contribution is 6.07. The number of rotatable bonds is 4. The summed E-state index contributed by atoms with van der Waals surface area (Å²) in [5, 5.41) is 13.3. The lowest BCUT2D eigenvalue weighted by Gasteiger charge is -2.24. The summed E-state index contributed by atoms with van der Waals surface area (Å²) < 4.78 is 2.23. The Kier molecular flexibility index (Phi) is 5.14. The Hall–Kier alpha value is -2.37. The first-order valence-electron chi connectivity index (χ1n) is 9.75. The van der Waals surface area contributed by atoms with E-state index in [4.69, 9.17) is 0 Å². The quantitative estimate of drug-likeness (QED) is 0.773. The smallest absolute Gasteiger partial charge is 0.219 e. The van der Waals surface area contributed by atoms with Gasteiger partial charge in [-0.3, -0.25) is 9.69 Å². The molecule has 1 aliphatic heterocycles. The molecule has 0 spiro atoms. The highest BCUT2D eigenvalue weighted by Gasteiger charge is 2.20. The molecular weight excluding hydrogens is 338 g/mol. The van der Waals surface area contributed by atoms with E-state index in [1.165, 1.54) is 10.8 Å². The molecule has 142 valence electrons. The second-order valence-corrected chi connectivity index (χ2v) is 7.46. The van der Waals surface area contributed by atoms with Crippen molar-refractivity contribution >= 4 is 27.7 Å². The number of aliphatic hydroxyl groups excluding tert-OH is 1. The van der Waals surface area contributed by atoms with E-state index < -0.39 is 6.10 Å². The monoisotopic (exact) mass is 365 g/mol. The van der Waals surface area contributed by atoms with E-state index in [0.717, 1.165) is 43.6 Å². The number of amides is 1. The Bertz CT molecular complexity index is 896. The van der Waals surface area contributed by atoms with Crippen LogP contribution in [0.3, 0.4) is 0 Å². The molecule has 0 aliphatic carbocycles. The molecule has 5 heteroatoms. The maximum absolute atomic E-state index is 11.6. The molecule has 27 heavy (non-hydrogen) atoms. The topological polar surface area (TPSA) is 48.7 Å². The van der Waals surface area contributed by atoms with E-state index in [1.54, 1.807) is 6.92 Å². The first kappa shape index (κ1) is 18.0. The van der Waals surface area contributed by atoms with Crippen molar-refractivity contribution in [2.75, 3.05) is 32.7 Å². The minimum Gasteiger partial charge on any atom is -0.390 e. The number of fused-ring (bicyclic) bond motifs is 3. The zero-order chi connectivity index (χ0) is 18.8. The summed E-state index contributed by atoms with van der Waals surface area (Å²) in [6.07, 6.45) is 0.509. The van der Waals surface area contributed by atoms with Gasteiger partial charge in [0.25, 0.3) is 0 Å². The molecule has 1 aromatic heterocycles. The van der Waals surface area contributed by atoms with Gasteiger partial charge in [0.2, 0.25) is 5.91 Å². The van der Waals surface area contributed by atoms with Crippen LogP contribution >= 0.6 is 0 Å². The van der Waals surface area contributed by atoms with Gasteiger partial charge in [-0.05, 0) is 25.1 Å². The normalized spacial score (nSPS) is 17.3. The molecule has 1 fully saturated rings. The summed E-state index contributed by atoms with van der Waals surface area (Å²) in [6, 6.07) is 16.8. The number of para-hydroxylation sites is 2. The number of carbonyl (C=O) groups is 1. The van der Waals surface area contributed by atoms with Crippen LogP contribution in [0, 0.1) is 0 Å². The summed E-state index contributed by atoms with van der Waals surface area (Å²) in [5.41, 5.74) is 2.33. The molecule has 2 aromatic carbocycles. The van der Waals surface area contributed by atoms with Gasteiger partial charge in [0, 0.05) is 54.9 Å². The van der Waals surface area contributed by atoms with E-state index in [1.807, 2.05) is 4.90 Å². The Balaban J connectivity index is 1.51. The van der Waals surface area contributed by atoms with Crippen LogP contribution in [0.1, 0.15) is 13.3 Å². The number of nitrogens with zero attached hydrogens (tertiary/aromatic N) is 3. The van der Waals surface area contributed by atoms with Crippen LogP contribution < -0.4 is 0 Å². The third kappa shape index (κ3) is 3.70. The molecule has 4 rings (SSSR count). The van der Waals surface area contributed by atoms with E-state index >= 15 is 0 Å². The zero-order valence-corrected chi connectivity index (χ0v) is 15.8. The maximum Gasteiger partial charge on any atom is 0.219 e. The van der Waals surface area contributed by atoms with Crippen molar-refractivity contribution in [1.29, 1.82) is 0 Å². The lowest BCUT2D eigenvalue weighted by Crippen LogP contribution is -2.38. The molecule has 0 saturated carbocycles. The molecular formula is C22H27N3O2. The van der Waals surface area contributed by atoms with Crippen LogP contribution in [0.25, 0.3) is 21.8 Å². The number of aliphatic hydroxyl groups is 1. The van der Waals surface area contributed by atoms with Crippen LogP contribution in [0.5, 0.6) is 0 Å². The van der Waals surface area contributed by atoms with Crippen LogP contribution in [-0.2, 0) is 11.3 Å². The molecule has 1 atom stereocenters. The molecule has 2 heterocycles. The molecule has 1 N–H and O–H groups in total. The van der Waals surface area contributed by atoms with Crippen LogP contribution in [0.15, 0.2) is 48.5 Å². The summed E-state index contributed by atoms with van der Waals surface area (Å²) in [5.74, 6) is 0.141. The van der Waals surface area contributed by atoms with Crippen molar-refractivity contribution in [3.63, 3.8) is 0 Å². The van der Waals surface area contributed by atoms with E-state index in [2.05, 4.69) is 58.0 Å². The van der Waals surface area contributed by atoms with Gasteiger partial charge in [0.15, 0.2) is 0 Å². The number of hydrogen-bond donors (Lipinski definition) is 1. The lowest BCUT2D eigenvalue weighted by atomic mass is 10.2. The Morgan fingerprint density at radius 3 is 2.19 bits per heavy atom. The molecule has 1 aliphatic rings. The fourth-order valence-corrected chi connectivity index (χ4v) is 4.23. The van der Waals surface area contributed by atoms with E-state index in [0.29, 0.717) is 13.1 Å². The summed E-state index contributed by atoms with van der Waals surface area (Å²) in [4.78, 5) is 15.8. The van der Waals surface area contributed by atoms with Crippen LogP contribution in [0.4, 0.5) is 0 Å². The summed E-state index contributed by atoms with van der Waals surface area (Å²) in [7, 11) is 0. The van der Waals surface area contributed by atoms with Gasteiger partial charge < -0.3 is 14.6 Å². The number of aromatic nitrogens is 1. The number of β-amino-alcohol motifs (C(OH)–C–C–N with tert-alkyl or cyclic N) is 1. The minimum absolute atomic E-state index is 0.141. The van der Waals surface area contributed by atoms with Crippen molar-refractivity contribution in [3.8, 4) is 0 Å². The second-order valence-electron chi connectivity index (χ2n) is 7.46. The zero-order valence-electron chi connectivity index (χ0n) is 15.8. The maximum atomic E-state index is 11.6. The first-order chi connectivity index (χ1) is 13.1. The lowest BCUT2D eigenvalue weighted by molar-refractivity contribution is -0.128. The molecule has 3 aromatic rings. The average Bonchev–Trinajstić information content (AvgIpc) is 2.81. The minimum atomic E-state index is -0.451. The van der Waals surface area contributed by atoms with Crippen molar-refractivity contribution in [3.05, 3.63) is 48.5 Å². The predicted octanol–water partition coefficient (Wildman–Crippen LogP) is 2.71. The molecule has 0 radical (unpaired) electrons. The van der Waals surface area contributed by atoms with Crippen molar-refractivity contribution in [1.82, 2.24) is 14.4 Å². The third-order valence-corrected chi connectivity index (χ3v) is 5.58. The summed E-state index contributed by atoms with van der Waals surface area (Å²) >= 11 is 0. The summed E-state index contributed by atoms with van der Waals surface area (Å²) in [6.45, 7) is 6.14. The molecule has 0 bridgehead atoms. The van der Waals surface area contributed by atoms with Gasteiger partial charge in [-0.1, -0.05) is 36.4 Å². The van der Waals surface area contributed by atoms with Gasteiger partial charge in [0.1, 0.15) is 0 Å². The molecule has 1 saturated heterocycles. The van der Waals surface area contributed by atoms with Gasteiger partial charge in [0.05, 0.1) is 12.6 Å². The Morgan fingerprint density at radius 1 is 0.926 bits per heavy atom.